The van der Waals surface area contributed by atoms with Crippen LogP contribution in [0.5, 0.6) is 11.5 Å². The number of carbonyl (C=O) groups excluding carboxylic acids is 2. The summed E-state index contributed by atoms with van der Waals surface area (Å²) < 4.78 is 46.7. The van der Waals surface area contributed by atoms with Crippen molar-refractivity contribution < 1.29 is 32.2 Å². The van der Waals surface area contributed by atoms with Crippen LogP contribution in [0.2, 0.25) is 0 Å². The SMILES string of the molecule is C.C.C.CC(F)Oc1cccc(C(=O)CBr)c1.Nc1nc(Nc2ccc(N3CCN(CC4CC4)CC3)cc2)sc1C(=O)c1cccc(OC(F)F)c1.S=C=Nc1ccc(N2CCN(CC3CC3)CC2)cc1. The molecule has 0 spiro atoms. The number of thiazole rings is 1. The molecular weight excluding hydrogens is 1010 g/mol. The fraction of sp³-hybridized carbons (Fsp3) is 0.434. The molecule has 2 saturated heterocycles. The molecule has 5 aromatic rings. The highest BCUT2D eigenvalue weighted by Gasteiger charge is 2.28. The molecule has 71 heavy (non-hydrogen) atoms. The van der Waals surface area contributed by atoms with Crippen molar-refractivity contribution in [2.45, 2.75) is 67.9 Å². The van der Waals surface area contributed by atoms with E-state index < -0.39 is 18.8 Å². The summed E-state index contributed by atoms with van der Waals surface area (Å²) in [5.41, 5.74) is 10.9. The van der Waals surface area contributed by atoms with E-state index in [0.717, 1.165) is 73.8 Å². The van der Waals surface area contributed by atoms with Crippen molar-refractivity contribution in [3.05, 3.63) is 113 Å². The number of aromatic nitrogens is 1. The number of Topliss-reactive ketones (excluding diaryl/α,β-unsaturated/α-hetero) is 1. The molecule has 1 atom stereocenters. The molecule has 2 saturated carbocycles. The molecule has 12 nitrogen and oxygen atoms in total. The van der Waals surface area contributed by atoms with Gasteiger partial charge in [-0.15, -0.1) is 0 Å². The molecule has 0 radical (unpaired) electrons. The van der Waals surface area contributed by atoms with Crippen LogP contribution in [0.3, 0.4) is 0 Å². The van der Waals surface area contributed by atoms with E-state index in [2.05, 4.69) is 97.2 Å². The van der Waals surface area contributed by atoms with Crippen molar-refractivity contribution >= 4 is 89.9 Å². The van der Waals surface area contributed by atoms with Gasteiger partial charge in [0.1, 0.15) is 22.2 Å². The number of nitrogen functional groups attached to an aromatic ring is 1. The van der Waals surface area contributed by atoms with Gasteiger partial charge in [0.05, 0.1) is 16.2 Å². The molecule has 384 valence electrons. The van der Waals surface area contributed by atoms with Crippen molar-refractivity contribution in [1.29, 1.82) is 0 Å². The zero-order valence-electron chi connectivity index (χ0n) is 37.9. The summed E-state index contributed by atoms with van der Waals surface area (Å²) in [6.45, 7) is 9.77. The van der Waals surface area contributed by atoms with Gasteiger partial charge in [0.25, 0.3) is 0 Å². The number of ketones is 2. The maximum Gasteiger partial charge on any atom is 0.387 e. The Kier molecular flexibility index (Phi) is 23.5. The Morgan fingerprint density at radius 3 is 1.75 bits per heavy atom. The molecule has 4 fully saturated rings. The van der Waals surface area contributed by atoms with E-state index in [4.69, 9.17) is 10.5 Å². The Bertz CT molecular complexity index is 2470. The topological polar surface area (TPSA) is 129 Å². The number of hydrogen-bond donors (Lipinski definition) is 2. The van der Waals surface area contributed by atoms with Crippen molar-refractivity contribution in [1.82, 2.24) is 14.8 Å². The molecule has 9 rings (SSSR count). The number of halogens is 4. The highest BCUT2D eigenvalue weighted by atomic mass is 79.9. The van der Waals surface area contributed by atoms with Crippen LogP contribution in [-0.2, 0) is 0 Å². The molecule has 0 amide bonds. The lowest BCUT2D eigenvalue weighted by Gasteiger charge is -2.36. The van der Waals surface area contributed by atoms with Crippen LogP contribution >= 0.6 is 39.5 Å². The number of alkyl halides is 4. The number of hydrogen-bond acceptors (Lipinski definition) is 14. The number of nitrogens with one attached hydrogen (secondary N) is 1. The molecule has 1 aromatic heterocycles. The number of nitrogens with zero attached hydrogens (tertiary/aromatic N) is 6. The maximum absolute atomic E-state index is 12.9. The van der Waals surface area contributed by atoms with Gasteiger partial charge in [0.15, 0.2) is 10.9 Å². The van der Waals surface area contributed by atoms with Crippen LogP contribution in [0.25, 0.3) is 0 Å². The summed E-state index contributed by atoms with van der Waals surface area (Å²) in [7, 11) is 0. The van der Waals surface area contributed by atoms with Gasteiger partial charge in [-0.25, -0.2) is 9.37 Å². The molecule has 3 heterocycles. The molecular formula is C53H68BrF3N8O4S2. The normalized spacial score (nSPS) is 15.9. The number of benzene rings is 4. The summed E-state index contributed by atoms with van der Waals surface area (Å²) >= 11 is 8.79. The Morgan fingerprint density at radius 1 is 0.775 bits per heavy atom. The number of carbonyl (C=O) groups is 2. The fourth-order valence-electron chi connectivity index (χ4n) is 7.88. The number of aliphatic imine (C=N–C) groups is 1. The summed E-state index contributed by atoms with van der Waals surface area (Å²) in [6, 6.07) is 28.5. The standard InChI is InChI=1S/C25H27F2N5O2S.C15H19N3S.C10H10BrFO2.3CH4/c26-24(27)34-20-3-1-2-17(14-20)21(33)22-23(28)30-25(35-22)29-18-6-8-19(9-7-18)32-12-10-31(11-13-32)15-16-4-5-16;19-12-16-14-3-5-15(6-4-14)18-9-7-17(8-10-18)11-13-1-2-13;1-7(12)14-9-4-2-3-8(5-9)10(13)6-11;;;/h1-3,6-9,14,16,24H,4-5,10-13,15,28H2,(H,29,30);3-6,13H,1-2,7-11H2;2-5,7H,6H2,1H3;3*1H4. The van der Waals surface area contributed by atoms with Crippen LogP contribution in [-0.4, -0.2) is 115 Å². The molecule has 2 aliphatic heterocycles. The van der Waals surface area contributed by atoms with E-state index in [1.807, 2.05) is 24.3 Å². The molecule has 3 N–H and O–H groups in total. The summed E-state index contributed by atoms with van der Waals surface area (Å²) in [5, 5.41) is 6.33. The third kappa shape index (κ3) is 18.3. The molecule has 0 bridgehead atoms. The lowest BCUT2D eigenvalue weighted by molar-refractivity contribution is -0.0498. The highest BCUT2D eigenvalue weighted by molar-refractivity contribution is 9.09. The van der Waals surface area contributed by atoms with Crippen molar-refractivity contribution in [2.75, 3.05) is 91.6 Å². The van der Waals surface area contributed by atoms with Gasteiger partial charge < -0.3 is 30.3 Å². The zero-order valence-corrected chi connectivity index (χ0v) is 41.1. The first-order valence-corrected chi connectivity index (χ1v) is 25.1. The van der Waals surface area contributed by atoms with Gasteiger partial charge >= 0.3 is 6.61 Å². The number of piperazine rings is 2. The number of rotatable bonds is 17. The lowest BCUT2D eigenvalue weighted by Crippen LogP contribution is -2.47. The summed E-state index contributed by atoms with van der Waals surface area (Å²) in [5.74, 6) is 1.84. The zero-order chi connectivity index (χ0) is 48.0. The minimum atomic E-state index is -2.96. The van der Waals surface area contributed by atoms with Crippen molar-refractivity contribution in [3.8, 4) is 11.5 Å². The fourth-order valence-corrected chi connectivity index (χ4v) is 9.17. The van der Waals surface area contributed by atoms with Crippen molar-refractivity contribution in [2.24, 2.45) is 16.8 Å². The summed E-state index contributed by atoms with van der Waals surface area (Å²) in [4.78, 5) is 42.7. The lowest BCUT2D eigenvalue weighted by atomic mass is 10.1. The number of nitrogens with two attached hydrogens (primary N) is 1. The van der Waals surface area contributed by atoms with E-state index in [0.29, 0.717) is 16.4 Å². The third-order valence-electron chi connectivity index (χ3n) is 11.8. The summed E-state index contributed by atoms with van der Waals surface area (Å²) in [6.07, 6.45) is 4.30. The van der Waals surface area contributed by atoms with Gasteiger partial charge in [0.2, 0.25) is 12.1 Å². The number of isothiocyanates is 1. The van der Waals surface area contributed by atoms with Gasteiger partial charge in [-0.2, -0.15) is 13.8 Å². The number of thiocarbonyl (C=S) groups is 1. The van der Waals surface area contributed by atoms with Gasteiger partial charge in [0, 0.05) is 101 Å². The Morgan fingerprint density at radius 2 is 1.27 bits per heavy atom. The first-order valence-electron chi connectivity index (χ1n) is 22.8. The molecule has 2 aliphatic carbocycles. The second-order valence-electron chi connectivity index (χ2n) is 17.1. The highest BCUT2D eigenvalue weighted by Crippen LogP contribution is 2.33. The average molecular weight is 1080 g/mol. The average Bonchev–Trinajstić information content (AvgIpc) is 4.29. The number of ether oxygens (including phenoxy) is 2. The van der Waals surface area contributed by atoms with Gasteiger partial charge in [-0.05, 0) is 123 Å². The van der Waals surface area contributed by atoms with E-state index in [1.54, 1.807) is 18.2 Å². The van der Waals surface area contributed by atoms with Crippen LogP contribution in [0.1, 0.15) is 80.5 Å². The predicted molar refractivity (Wildman–Crippen MR) is 293 cm³/mol. The van der Waals surface area contributed by atoms with Gasteiger partial charge in [-0.1, -0.05) is 73.8 Å². The van der Waals surface area contributed by atoms with Crippen LogP contribution in [0.15, 0.2) is 102 Å². The smallest absolute Gasteiger partial charge is 0.387 e. The van der Waals surface area contributed by atoms with E-state index in [1.165, 1.54) is 100 Å². The second-order valence-corrected chi connectivity index (χ2v) is 18.8. The molecule has 18 heteroatoms. The first-order chi connectivity index (χ1) is 32.9. The monoisotopic (exact) mass is 1080 g/mol. The second kappa shape index (κ2) is 28.6. The largest absolute Gasteiger partial charge is 0.461 e. The molecule has 4 aliphatic rings. The Hall–Kier alpha value is -5.36. The maximum atomic E-state index is 12.9. The van der Waals surface area contributed by atoms with Crippen LogP contribution in [0, 0.1) is 11.8 Å². The Labute approximate surface area is 435 Å². The van der Waals surface area contributed by atoms with E-state index >= 15 is 0 Å². The molecule has 1 unspecified atom stereocenters. The van der Waals surface area contributed by atoms with Gasteiger partial charge in [-0.3, -0.25) is 19.4 Å². The predicted octanol–water partition coefficient (Wildman–Crippen LogP) is 12.7. The quantitative estimate of drug-likeness (QED) is 0.0398. The third-order valence-corrected chi connectivity index (χ3v) is 13.4. The Balaban J connectivity index is 0.000000256. The number of anilines is 5. The van der Waals surface area contributed by atoms with Crippen molar-refractivity contribution in [3.63, 3.8) is 0 Å². The van der Waals surface area contributed by atoms with E-state index in [-0.39, 0.29) is 55.4 Å². The minimum absolute atomic E-state index is 0. The first kappa shape index (κ1) is 58.2. The van der Waals surface area contributed by atoms with Crippen LogP contribution < -0.4 is 30.3 Å². The molecule has 4 aromatic carbocycles. The van der Waals surface area contributed by atoms with E-state index in [9.17, 15) is 22.8 Å². The minimum Gasteiger partial charge on any atom is -0.461 e. The van der Waals surface area contributed by atoms with Crippen LogP contribution in [0.4, 0.5) is 46.9 Å².